The first kappa shape index (κ1) is 17.7. The lowest BCUT2D eigenvalue weighted by Gasteiger charge is -2.32. The summed E-state index contributed by atoms with van der Waals surface area (Å²) in [6.07, 6.45) is 2.00. The van der Waals surface area contributed by atoms with E-state index in [1.54, 1.807) is 0 Å². The fraction of sp³-hybridized carbons (Fsp3) is 0.292. The average molecular weight is 358 g/mol. The summed E-state index contributed by atoms with van der Waals surface area (Å²) < 4.78 is 0. The number of benzene rings is 3. The van der Waals surface area contributed by atoms with E-state index < -0.39 is 0 Å². The smallest absolute Gasteiger partial charge is 0.252 e. The maximum Gasteiger partial charge on any atom is 0.252 e. The SMILES string of the molecule is Cc1cccc(CN2CCC(NC(=O)c3cccc4ccccc34)CC2)c1. The second-order valence-electron chi connectivity index (χ2n) is 7.54. The van der Waals surface area contributed by atoms with Crippen LogP contribution in [-0.4, -0.2) is 29.9 Å². The molecule has 3 aromatic rings. The molecule has 1 heterocycles. The number of nitrogens with zero attached hydrogens (tertiary/aromatic N) is 1. The van der Waals surface area contributed by atoms with E-state index in [1.165, 1.54) is 11.1 Å². The van der Waals surface area contributed by atoms with E-state index in [9.17, 15) is 4.79 Å². The second-order valence-corrected chi connectivity index (χ2v) is 7.54. The highest BCUT2D eigenvalue weighted by atomic mass is 16.1. The first-order valence-corrected chi connectivity index (χ1v) is 9.75. The number of amides is 1. The fourth-order valence-electron chi connectivity index (χ4n) is 3.99. The van der Waals surface area contributed by atoms with Crippen molar-refractivity contribution >= 4 is 16.7 Å². The molecule has 0 aromatic heterocycles. The van der Waals surface area contributed by atoms with Crippen LogP contribution >= 0.6 is 0 Å². The van der Waals surface area contributed by atoms with Crippen LogP contribution in [0.15, 0.2) is 66.7 Å². The van der Waals surface area contributed by atoms with E-state index in [1.807, 2.05) is 30.3 Å². The van der Waals surface area contributed by atoms with Crippen LogP contribution in [0.25, 0.3) is 10.8 Å². The van der Waals surface area contributed by atoms with Crippen molar-refractivity contribution < 1.29 is 4.79 Å². The largest absolute Gasteiger partial charge is 0.349 e. The zero-order chi connectivity index (χ0) is 18.6. The molecule has 4 rings (SSSR count). The van der Waals surface area contributed by atoms with Gasteiger partial charge in [-0.05, 0) is 42.2 Å². The van der Waals surface area contributed by atoms with Gasteiger partial charge in [-0.2, -0.15) is 0 Å². The first-order chi connectivity index (χ1) is 13.2. The summed E-state index contributed by atoms with van der Waals surface area (Å²) >= 11 is 0. The van der Waals surface area contributed by atoms with Crippen molar-refractivity contribution in [2.24, 2.45) is 0 Å². The molecule has 1 amide bonds. The Bertz CT molecular complexity index is 937. The molecule has 3 aromatic carbocycles. The summed E-state index contributed by atoms with van der Waals surface area (Å²) in [6.45, 7) is 5.17. The minimum atomic E-state index is 0.0453. The lowest BCUT2D eigenvalue weighted by Crippen LogP contribution is -2.44. The molecule has 1 fully saturated rings. The number of aryl methyl sites for hydroxylation is 1. The normalized spacial score (nSPS) is 15.7. The average Bonchev–Trinajstić information content (AvgIpc) is 2.69. The minimum absolute atomic E-state index is 0.0453. The molecule has 1 aliphatic heterocycles. The first-order valence-electron chi connectivity index (χ1n) is 9.75. The highest BCUT2D eigenvalue weighted by molar-refractivity contribution is 6.07. The molecular formula is C24H26N2O. The van der Waals surface area contributed by atoms with Crippen LogP contribution in [0.3, 0.4) is 0 Å². The Morgan fingerprint density at radius 3 is 2.56 bits per heavy atom. The van der Waals surface area contributed by atoms with Gasteiger partial charge in [0.15, 0.2) is 0 Å². The Morgan fingerprint density at radius 1 is 1.00 bits per heavy atom. The van der Waals surface area contributed by atoms with E-state index in [0.29, 0.717) is 0 Å². The maximum atomic E-state index is 12.8. The van der Waals surface area contributed by atoms with Gasteiger partial charge in [0.1, 0.15) is 0 Å². The maximum absolute atomic E-state index is 12.8. The third kappa shape index (κ3) is 4.20. The van der Waals surface area contributed by atoms with E-state index in [4.69, 9.17) is 0 Å². The van der Waals surface area contributed by atoms with E-state index in [2.05, 4.69) is 53.5 Å². The molecule has 3 nitrogen and oxygen atoms in total. The summed E-state index contributed by atoms with van der Waals surface area (Å²) in [4.78, 5) is 15.3. The van der Waals surface area contributed by atoms with Crippen molar-refractivity contribution in [1.82, 2.24) is 10.2 Å². The summed E-state index contributed by atoms with van der Waals surface area (Å²) in [5.41, 5.74) is 3.45. The van der Waals surface area contributed by atoms with Crippen LogP contribution in [-0.2, 0) is 6.54 Å². The number of likely N-dealkylation sites (tertiary alicyclic amines) is 1. The number of hydrogen-bond donors (Lipinski definition) is 1. The highest BCUT2D eigenvalue weighted by Gasteiger charge is 2.21. The fourth-order valence-corrected chi connectivity index (χ4v) is 3.99. The molecule has 3 heteroatoms. The van der Waals surface area contributed by atoms with Gasteiger partial charge in [0.2, 0.25) is 0 Å². The molecule has 138 valence electrons. The number of hydrogen-bond acceptors (Lipinski definition) is 2. The van der Waals surface area contributed by atoms with Crippen LogP contribution < -0.4 is 5.32 Å². The van der Waals surface area contributed by atoms with Crippen molar-refractivity contribution in [3.05, 3.63) is 83.4 Å². The van der Waals surface area contributed by atoms with Crippen molar-refractivity contribution in [3.8, 4) is 0 Å². The van der Waals surface area contributed by atoms with Crippen LogP contribution in [0.2, 0.25) is 0 Å². The number of carbonyl (C=O) groups is 1. The Hall–Kier alpha value is -2.65. The van der Waals surface area contributed by atoms with E-state index in [-0.39, 0.29) is 11.9 Å². The Morgan fingerprint density at radius 2 is 1.74 bits per heavy atom. The molecule has 0 spiro atoms. The van der Waals surface area contributed by atoms with Gasteiger partial charge in [-0.3, -0.25) is 9.69 Å². The molecule has 0 unspecified atom stereocenters. The summed E-state index contributed by atoms with van der Waals surface area (Å²) in [5.74, 6) is 0.0453. The number of nitrogens with one attached hydrogen (secondary N) is 1. The van der Waals surface area contributed by atoms with Gasteiger partial charge in [0, 0.05) is 31.2 Å². The van der Waals surface area contributed by atoms with Crippen LogP contribution in [0, 0.1) is 6.92 Å². The summed E-state index contributed by atoms with van der Waals surface area (Å²) in [5, 5.41) is 5.39. The Labute approximate surface area is 161 Å². The van der Waals surface area contributed by atoms with E-state index in [0.717, 1.165) is 48.8 Å². The van der Waals surface area contributed by atoms with Crippen molar-refractivity contribution in [3.63, 3.8) is 0 Å². The Kier molecular flexibility index (Phi) is 5.21. The van der Waals surface area contributed by atoms with Gasteiger partial charge in [-0.15, -0.1) is 0 Å². The van der Waals surface area contributed by atoms with Crippen molar-refractivity contribution in [1.29, 1.82) is 0 Å². The van der Waals surface area contributed by atoms with Gasteiger partial charge >= 0.3 is 0 Å². The third-order valence-electron chi connectivity index (χ3n) is 5.45. The predicted molar refractivity (Wildman–Crippen MR) is 111 cm³/mol. The second kappa shape index (κ2) is 7.93. The topological polar surface area (TPSA) is 32.3 Å². The van der Waals surface area contributed by atoms with Gasteiger partial charge in [0.25, 0.3) is 5.91 Å². The number of piperidine rings is 1. The standard InChI is InChI=1S/C24H26N2O/c1-18-6-4-7-19(16-18)17-26-14-12-21(13-15-26)25-24(27)23-11-5-9-20-8-2-3-10-22(20)23/h2-11,16,21H,12-15,17H2,1H3,(H,25,27). The van der Waals surface area contributed by atoms with Crippen molar-refractivity contribution in [2.45, 2.75) is 32.4 Å². The highest BCUT2D eigenvalue weighted by Crippen LogP contribution is 2.20. The lowest BCUT2D eigenvalue weighted by molar-refractivity contribution is 0.0910. The zero-order valence-corrected chi connectivity index (χ0v) is 15.8. The Balaban J connectivity index is 1.35. The van der Waals surface area contributed by atoms with Crippen LogP contribution in [0.1, 0.15) is 34.3 Å². The van der Waals surface area contributed by atoms with Gasteiger partial charge in [-0.1, -0.05) is 66.2 Å². The van der Waals surface area contributed by atoms with Gasteiger partial charge < -0.3 is 5.32 Å². The molecule has 0 saturated carbocycles. The molecule has 0 bridgehead atoms. The molecule has 1 saturated heterocycles. The third-order valence-corrected chi connectivity index (χ3v) is 5.45. The summed E-state index contributed by atoms with van der Waals surface area (Å²) in [7, 11) is 0. The molecule has 0 radical (unpaired) electrons. The van der Waals surface area contributed by atoms with Gasteiger partial charge in [0.05, 0.1) is 0 Å². The molecule has 0 atom stereocenters. The van der Waals surface area contributed by atoms with E-state index >= 15 is 0 Å². The van der Waals surface area contributed by atoms with Crippen LogP contribution in [0.4, 0.5) is 0 Å². The number of carbonyl (C=O) groups excluding carboxylic acids is 1. The van der Waals surface area contributed by atoms with Gasteiger partial charge in [-0.25, -0.2) is 0 Å². The summed E-state index contributed by atoms with van der Waals surface area (Å²) in [6, 6.07) is 23.0. The quantitative estimate of drug-likeness (QED) is 0.742. The molecule has 1 N–H and O–H groups in total. The number of rotatable bonds is 4. The molecule has 0 aliphatic carbocycles. The lowest BCUT2D eigenvalue weighted by atomic mass is 10.0. The predicted octanol–water partition coefficient (Wildman–Crippen LogP) is 4.54. The minimum Gasteiger partial charge on any atom is -0.349 e. The molecule has 27 heavy (non-hydrogen) atoms. The molecular weight excluding hydrogens is 332 g/mol. The monoisotopic (exact) mass is 358 g/mol. The van der Waals surface area contributed by atoms with Crippen LogP contribution in [0.5, 0.6) is 0 Å². The zero-order valence-electron chi connectivity index (χ0n) is 15.8. The van der Waals surface area contributed by atoms with Crippen molar-refractivity contribution in [2.75, 3.05) is 13.1 Å². The molecule has 1 aliphatic rings. The number of fused-ring (bicyclic) bond motifs is 1.